The highest BCUT2D eigenvalue weighted by atomic mass is 16.5. The molecule has 0 aliphatic heterocycles. The molecule has 4 nitrogen and oxygen atoms in total. The fourth-order valence-electron chi connectivity index (χ4n) is 2.12. The van der Waals surface area contributed by atoms with Gasteiger partial charge in [0.05, 0.1) is 7.11 Å². The molecule has 1 aromatic heterocycles. The molecule has 1 N–H and O–H groups in total. The summed E-state index contributed by atoms with van der Waals surface area (Å²) < 4.78 is 4.59. The molecule has 0 bridgehead atoms. The highest BCUT2D eigenvalue weighted by molar-refractivity contribution is 5.71. The molecule has 1 aliphatic carbocycles. The van der Waals surface area contributed by atoms with Crippen molar-refractivity contribution >= 4 is 5.97 Å². The van der Waals surface area contributed by atoms with Crippen molar-refractivity contribution in [3.8, 4) is 0 Å². The molecule has 1 aromatic rings. The first-order valence-electron chi connectivity index (χ1n) is 5.40. The van der Waals surface area contributed by atoms with Gasteiger partial charge in [0.25, 0.3) is 0 Å². The Bertz CT molecular complexity index is 340. The van der Waals surface area contributed by atoms with Gasteiger partial charge in [-0.15, -0.1) is 0 Å². The van der Waals surface area contributed by atoms with Gasteiger partial charge in [0.15, 0.2) is 0 Å². The summed E-state index contributed by atoms with van der Waals surface area (Å²) >= 11 is 0. The van der Waals surface area contributed by atoms with Crippen molar-refractivity contribution in [2.75, 3.05) is 7.11 Å². The minimum absolute atomic E-state index is 0.239. The maximum Gasteiger partial charge on any atom is 0.313 e. The number of carbonyl (C=O) groups excluding carboxylic acids is 1. The Kier molecular flexibility index (Phi) is 3.04. The van der Waals surface area contributed by atoms with Gasteiger partial charge in [-0.25, -0.2) is 4.98 Å². The molecule has 0 aromatic carbocycles. The monoisotopic (exact) mass is 208 g/mol. The van der Waals surface area contributed by atoms with Crippen molar-refractivity contribution in [1.82, 2.24) is 9.97 Å². The predicted octanol–water partition coefficient (Wildman–Crippen LogP) is 1.78. The Balaban J connectivity index is 2.00. The van der Waals surface area contributed by atoms with Crippen LogP contribution < -0.4 is 0 Å². The van der Waals surface area contributed by atoms with Crippen LogP contribution >= 0.6 is 0 Å². The van der Waals surface area contributed by atoms with E-state index in [0.717, 1.165) is 0 Å². The zero-order valence-electron chi connectivity index (χ0n) is 8.95. The van der Waals surface area contributed by atoms with Crippen LogP contribution in [0.4, 0.5) is 0 Å². The molecule has 15 heavy (non-hydrogen) atoms. The Labute approximate surface area is 89.0 Å². The molecule has 0 spiro atoms. The summed E-state index contributed by atoms with van der Waals surface area (Å²) in [6.07, 6.45) is 7.17. The van der Waals surface area contributed by atoms with Crippen molar-refractivity contribution in [2.24, 2.45) is 0 Å². The summed E-state index contributed by atoms with van der Waals surface area (Å²) in [4.78, 5) is 18.4. The summed E-state index contributed by atoms with van der Waals surface area (Å²) in [6.45, 7) is 0. The number of carbonyl (C=O) groups is 1. The standard InChI is InChI=1S/C11H16N2O2/c1-15-11(14)6-10-12-7-9(13-10)8-4-2-3-5-8/h7-8H,2-6H2,1H3,(H,12,13). The molecule has 0 radical (unpaired) electrons. The molecule has 0 saturated heterocycles. The van der Waals surface area contributed by atoms with E-state index in [9.17, 15) is 4.79 Å². The lowest BCUT2D eigenvalue weighted by Crippen LogP contribution is -2.06. The van der Waals surface area contributed by atoms with Gasteiger partial charge in [-0.2, -0.15) is 0 Å². The van der Waals surface area contributed by atoms with Crippen molar-refractivity contribution in [1.29, 1.82) is 0 Å². The minimum Gasteiger partial charge on any atom is -0.469 e. The van der Waals surface area contributed by atoms with Crippen LogP contribution in [0.3, 0.4) is 0 Å². The zero-order valence-corrected chi connectivity index (χ0v) is 8.95. The topological polar surface area (TPSA) is 55.0 Å². The first-order valence-corrected chi connectivity index (χ1v) is 5.40. The van der Waals surface area contributed by atoms with Gasteiger partial charge in [0.1, 0.15) is 12.2 Å². The van der Waals surface area contributed by atoms with Crippen LogP contribution in [0.2, 0.25) is 0 Å². The number of nitrogens with one attached hydrogen (secondary N) is 1. The average Bonchev–Trinajstić information content (AvgIpc) is 2.85. The minimum atomic E-state index is -0.248. The Hall–Kier alpha value is -1.32. The zero-order chi connectivity index (χ0) is 10.7. The Morgan fingerprint density at radius 2 is 2.33 bits per heavy atom. The highest BCUT2D eigenvalue weighted by Gasteiger charge is 2.19. The molecule has 0 unspecified atom stereocenters. The first-order chi connectivity index (χ1) is 7.29. The predicted molar refractivity (Wildman–Crippen MR) is 55.5 cm³/mol. The molecule has 4 heteroatoms. The molecule has 0 atom stereocenters. The summed E-state index contributed by atoms with van der Waals surface area (Å²) in [7, 11) is 1.39. The third kappa shape index (κ3) is 2.37. The van der Waals surface area contributed by atoms with Crippen molar-refractivity contribution < 1.29 is 9.53 Å². The smallest absolute Gasteiger partial charge is 0.313 e. The van der Waals surface area contributed by atoms with Crippen LogP contribution in [0.5, 0.6) is 0 Å². The van der Waals surface area contributed by atoms with E-state index in [1.165, 1.54) is 38.5 Å². The van der Waals surface area contributed by atoms with E-state index in [2.05, 4.69) is 14.7 Å². The lowest BCUT2D eigenvalue weighted by atomic mass is 10.1. The van der Waals surface area contributed by atoms with Gasteiger partial charge >= 0.3 is 5.97 Å². The van der Waals surface area contributed by atoms with E-state index >= 15 is 0 Å². The number of aromatic amines is 1. The number of methoxy groups -OCH3 is 1. The number of rotatable bonds is 3. The number of hydrogen-bond acceptors (Lipinski definition) is 3. The van der Waals surface area contributed by atoms with Crippen LogP contribution in [0.15, 0.2) is 6.20 Å². The number of ether oxygens (including phenoxy) is 1. The van der Waals surface area contributed by atoms with E-state index in [0.29, 0.717) is 11.7 Å². The highest BCUT2D eigenvalue weighted by Crippen LogP contribution is 2.32. The van der Waals surface area contributed by atoms with Crippen LogP contribution in [0.1, 0.15) is 43.1 Å². The van der Waals surface area contributed by atoms with Crippen LogP contribution in [-0.2, 0) is 16.0 Å². The molecule has 82 valence electrons. The number of H-pyrrole nitrogens is 1. The maximum atomic E-state index is 11.0. The van der Waals surface area contributed by atoms with Gasteiger partial charge in [-0.3, -0.25) is 4.79 Å². The summed E-state index contributed by atoms with van der Waals surface area (Å²) in [6, 6.07) is 0. The normalized spacial score (nSPS) is 16.9. The summed E-state index contributed by atoms with van der Waals surface area (Å²) in [5.41, 5.74) is 1.17. The number of nitrogens with zero attached hydrogens (tertiary/aromatic N) is 1. The van der Waals surface area contributed by atoms with Gasteiger partial charge in [0, 0.05) is 17.8 Å². The van der Waals surface area contributed by atoms with E-state index in [1.54, 1.807) is 0 Å². The number of esters is 1. The van der Waals surface area contributed by atoms with Gasteiger partial charge in [-0.05, 0) is 12.8 Å². The molecule has 2 rings (SSSR count). The quantitative estimate of drug-likeness (QED) is 0.770. The van der Waals surface area contributed by atoms with E-state index < -0.39 is 0 Å². The number of hydrogen-bond donors (Lipinski definition) is 1. The third-order valence-corrected chi connectivity index (χ3v) is 2.98. The van der Waals surface area contributed by atoms with E-state index in [4.69, 9.17) is 0 Å². The lowest BCUT2D eigenvalue weighted by Gasteiger charge is -2.04. The Morgan fingerprint density at radius 3 is 3.00 bits per heavy atom. The molecular formula is C11H16N2O2. The first kappa shape index (κ1) is 10.2. The summed E-state index contributed by atoms with van der Waals surface area (Å²) in [5, 5.41) is 0. The van der Waals surface area contributed by atoms with Crippen LogP contribution in [0, 0.1) is 0 Å². The molecule has 0 amide bonds. The lowest BCUT2D eigenvalue weighted by molar-refractivity contribution is -0.139. The second-order valence-electron chi connectivity index (χ2n) is 4.02. The molecule has 1 heterocycles. The molecule has 1 saturated carbocycles. The van der Waals surface area contributed by atoms with E-state index in [-0.39, 0.29) is 12.4 Å². The second-order valence-corrected chi connectivity index (χ2v) is 4.02. The van der Waals surface area contributed by atoms with Crippen molar-refractivity contribution in [3.05, 3.63) is 17.7 Å². The van der Waals surface area contributed by atoms with Crippen LogP contribution in [0.25, 0.3) is 0 Å². The SMILES string of the molecule is COC(=O)Cc1ncc(C2CCCC2)[nH]1. The maximum absolute atomic E-state index is 11.0. The van der Waals surface area contributed by atoms with Crippen molar-refractivity contribution in [3.63, 3.8) is 0 Å². The number of aromatic nitrogens is 2. The summed E-state index contributed by atoms with van der Waals surface area (Å²) in [5.74, 6) is 1.08. The van der Waals surface area contributed by atoms with Gasteiger partial charge in [-0.1, -0.05) is 12.8 Å². The molecule has 1 fully saturated rings. The average molecular weight is 208 g/mol. The van der Waals surface area contributed by atoms with Crippen molar-refractivity contribution in [2.45, 2.75) is 38.0 Å². The second kappa shape index (κ2) is 4.47. The fraction of sp³-hybridized carbons (Fsp3) is 0.636. The van der Waals surface area contributed by atoms with Gasteiger partial charge < -0.3 is 9.72 Å². The largest absolute Gasteiger partial charge is 0.469 e. The molecule has 1 aliphatic rings. The van der Waals surface area contributed by atoms with Gasteiger partial charge in [0.2, 0.25) is 0 Å². The third-order valence-electron chi connectivity index (χ3n) is 2.98. The Morgan fingerprint density at radius 1 is 1.60 bits per heavy atom. The number of imidazole rings is 1. The fourth-order valence-corrected chi connectivity index (χ4v) is 2.12. The molecular weight excluding hydrogens is 192 g/mol. The van der Waals surface area contributed by atoms with Crippen LogP contribution in [-0.4, -0.2) is 23.0 Å². The van der Waals surface area contributed by atoms with E-state index in [1.807, 2.05) is 6.20 Å².